The van der Waals surface area contributed by atoms with Crippen LogP contribution in [0.4, 0.5) is 0 Å². The average Bonchev–Trinajstić information content (AvgIpc) is 3.22. The van der Waals surface area contributed by atoms with Gasteiger partial charge in [-0.3, -0.25) is 0 Å². The average molecular weight is 313 g/mol. The Kier molecular flexibility index (Phi) is 3.81. The van der Waals surface area contributed by atoms with Gasteiger partial charge in [-0.05, 0) is 31.9 Å². The molecule has 2 aromatic rings. The Labute approximate surface area is 136 Å². The molecule has 1 aromatic carbocycles. The van der Waals surface area contributed by atoms with Crippen molar-refractivity contribution in [2.45, 2.75) is 50.0 Å². The number of nitrogens with one attached hydrogen (secondary N) is 1. The first-order valence-electron chi connectivity index (χ1n) is 8.50. The molecule has 1 saturated carbocycles. The standard InChI is InChI=1S/C18H23N3O2/c1-22-14-7-3-2-6-13(14)12-16-20-17(23-21-16)18-9-5-4-8-15(18)19-11-10-18/h2-3,6-7,15,19H,4-5,8-12H2,1H3/t15-,18+/m0/s1. The van der Waals surface area contributed by atoms with Crippen molar-refractivity contribution in [1.82, 2.24) is 15.5 Å². The third kappa shape index (κ3) is 2.53. The topological polar surface area (TPSA) is 60.2 Å². The lowest BCUT2D eigenvalue weighted by Gasteiger charge is -2.35. The van der Waals surface area contributed by atoms with Crippen molar-refractivity contribution in [3.8, 4) is 5.75 Å². The summed E-state index contributed by atoms with van der Waals surface area (Å²) >= 11 is 0. The number of hydrogen-bond donors (Lipinski definition) is 1. The number of methoxy groups -OCH3 is 1. The summed E-state index contributed by atoms with van der Waals surface area (Å²) in [5.74, 6) is 2.45. The predicted octanol–water partition coefficient (Wildman–Crippen LogP) is 2.84. The number of hydrogen-bond acceptors (Lipinski definition) is 5. The summed E-state index contributed by atoms with van der Waals surface area (Å²) in [5, 5.41) is 7.88. The lowest BCUT2D eigenvalue weighted by molar-refractivity contribution is 0.199. The highest BCUT2D eigenvalue weighted by atomic mass is 16.5. The molecule has 1 N–H and O–H groups in total. The van der Waals surface area contributed by atoms with Crippen molar-refractivity contribution in [1.29, 1.82) is 0 Å². The number of fused-ring (bicyclic) bond motifs is 1. The lowest BCUT2D eigenvalue weighted by atomic mass is 9.70. The van der Waals surface area contributed by atoms with E-state index in [0.29, 0.717) is 12.5 Å². The Morgan fingerprint density at radius 1 is 1.30 bits per heavy atom. The van der Waals surface area contributed by atoms with Gasteiger partial charge in [0.2, 0.25) is 5.89 Å². The third-order valence-corrected chi connectivity index (χ3v) is 5.43. The monoisotopic (exact) mass is 313 g/mol. The maximum atomic E-state index is 5.71. The van der Waals surface area contributed by atoms with E-state index < -0.39 is 0 Å². The lowest BCUT2D eigenvalue weighted by Crippen LogP contribution is -2.43. The normalized spacial score (nSPS) is 26.9. The molecular formula is C18H23N3O2. The molecule has 2 heterocycles. The number of aromatic nitrogens is 2. The van der Waals surface area contributed by atoms with Gasteiger partial charge in [-0.25, -0.2) is 0 Å². The van der Waals surface area contributed by atoms with Crippen molar-refractivity contribution in [3.05, 3.63) is 41.5 Å². The summed E-state index contributed by atoms with van der Waals surface area (Å²) in [7, 11) is 1.69. The van der Waals surface area contributed by atoms with Crippen LogP contribution in [0.2, 0.25) is 0 Å². The van der Waals surface area contributed by atoms with Gasteiger partial charge in [-0.2, -0.15) is 4.98 Å². The highest BCUT2D eigenvalue weighted by molar-refractivity contribution is 5.35. The summed E-state index contributed by atoms with van der Waals surface area (Å²) in [6.07, 6.45) is 6.66. The summed E-state index contributed by atoms with van der Waals surface area (Å²) in [5.41, 5.74) is 1.15. The molecule has 1 aliphatic heterocycles. The Hall–Kier alpha value is -1.88. The van der Waals surface area contributed by atoms with E-state index in [4.69, 9.17) is 14.2 Å². The van der Waals surface area contributed by atoms with Gasteiger partial charge in [0.05, 0.1) is 12.5 Å². The molecular weight excluding hydrogens is 290 g/mol. The van der Waals surface area contributed by atoms with E-state index in [0.717, 1.165) is 42.4 Å². The van der Waals surface area contributed by atoms with Crippen LogP contribution in [0.15, 0.2) is 28.8 Å². The summed E-state index contributed by atoms with van der Waals surface area (Å²) in [6, 6.07) is 8.49. The number of ether oxygens (including phenoxy) is 1. The van der Waals surface area contributed by atoms with Crippen molar-refractivity contribution < 1.29 is 9.26 Å². The van der Waals surface area contributed by atoms with E-state index >= 15 is 0 Å². The fourth-order valence-electron chi connectivity index (χ4n) is 4.22. The van der Waals surface area contributed by atoms with Crippen LogP contribution >= 0.6 is 0 Å². The zero-order valence-corrected chi connectivity index (χ0v) is 13.5. The number of nitrogens with zero attached hydrogens (tertiary/aromatic N) is 2. The minimum Gasteiger partial charge on any atom is -0.496 e. The molecule has 1 saturated heterocycles. The van der Waals surface area contributed by atoms with Crippen LogP contribution in [0.3, 0.4) is 0 Å². The predicted molar refractivity (Wildman–Crippen MR) is 86.7 cm³/mol. The summed E-state index contributed by atoms with van der Waals surface area (Å²) in [4.78, 5) is 4.76. The fraction of sp³-hybridized carbons (Fsp3) is 0.556. The zero-order chi connectivity index (χ0) is 15.7. The largest absolute Gasteiger partial charge is 0.496 e. The van der Waals surface area contributed by atoms with E-state index in [9.17, 15) is 0 Å². The number of benzene rings is 1. The second-order valence-corrected chi connectivity index (χ2v) is 6.66. The van der Waals surface area contributed by atoms with E-state index in [1.165, 1.54) is 19.3 Å². The number of rotatable bonds is 4. The Morgan fingerprint density at radius 3 is 3.13 bits per heavy atom. The molecule has 2 aliphatic rings. The highest BCUT2D eigenvalue weighted by Crippen LogP contribution is 2.44. The Morgan fingerprint density at radius 2 is 2.22 bits per heavy atom. The molecule has 2 atom stereocenters. The third-order valence-electron chi connectivity index (χ3n) is 5.43. The highest BCUT2D eigenvalue weighted by Gasteiger charge is 2.49. The van der Waals surface area contributed by atoms with Crippen molar-refractivity contribution in [3.63, 3.8) is 0 Å². The smallest absolute Gasteiger partial charge is 0.234 e. The molecule has 0 amide bonds. The van der Waals surface area contributed by atoms with Gasteiger partial charge < -0.3 is 14.6 Å². The molecule has 1 aliphatic carbocycles. The Bertz CT molecular complexity index is 684. The Balaban J connectivity index is 1.59. The van der Waals surface area contributed by atoms with E-state index in [1.54, 1.807) is 7.11 Å². The van der Waals surface area contributed by atoms with E-state index in [-0.39, 0.29) is 5.41 Å². The van der Waals surface area contributed by atoms with Gasteiger partial charge in [0.15, 0.2) is 5.82 Å². The first-order valence-corrected chi connectivity index (χ1v) is 8.50. The van der Waals surface area contributed by atoms with Crippen LogP contribution in [-0.4, -0.2) is 29.8 Å². The van der Waals surface area contributed by atoms with Crippen molar-refractivity contribution >= 4 is 0 Å². The van der Waals surface area contributed by atoms with Gasteiger partial charge >= 0.3 is 0 Å². The minimum absolute atomic E-state index is 0.0598. The van der Waals surface area contributed by atoms with Gasteiger partial charge in [-0.15, -0.1) is 0 Å². The first-order chi connectivity index (χ1) is 11.3. The van der Waals surface area contributed by atoms with E-state index in [2.05, 4.69) is 10.5 Å². The molecule has 122 valence electrons. The zero-order valence-electron chi connectivity index (χ0n) is 13.5. The fourth-order valence-corrected chi connectivity index (χ4v) is 4.22. The molecule has 5 nitrogen and oxygen atoms in total. The van der Waals surface area contributed by atoms with Crippen molar-refractivity contribution in [2.24, 2.45) is 0 Å². The maximum Gasteiger partial charge on any atom is 0.234 e. The minimum atomic E-state index is 0.0598. The quantitative estimate of drug-likeness (QED) is 0.940. The first kappa shape index (κ1) is 14.7. The van der Waals surface area contributed by atoms with E-state index in [1.807, 2.05) is 24.3 Å². The summed E-state index contributed by atoms with van der Waals surface area (Å²) < 4.78 is 11.1. The molecule has 0 spiro atoms. The van der Waals surface area contributed by atoms with Crippen LogP contribution in [-0.2, 0) is 11.8 Å². The maximum absolute atomic E-state index is 5.71. The van der Waals surface area contributed by atoms with Crippen LogP contribution in [0, 0.1) is 0 Å². The molecule has 4 rings (SSSR count). The molecule has 2 fully saturated rings. The van der Waals surface area contributed by atoms with Gasteiger partial charge in [-0.1, -0.05) is 36.2 Å². The van der Waals surface area contributed by atoms with Gasteiger partial charge in [0.1, 0.15) is 5.75 Å². The second kappa shape index (κ2) is 5.96. The molecule has 0 bridgehead atoms. The molecule has 0 unspecified atom stereocenters. The number of para-hydroxylation sites is 1. The van der Waals surface area contributed by atoms with Gasteiger partial charge in [0, 0.05) is 18.0 Å². The molecule has 23 heavy (non-hydrogen) atoms. The van der Waals surface area contributed by atoms with Crippen LogP contribution in [0.1, 0.15) is 49.4 Å². The molecule has 1 aromatic heterocycles. The SMILES string of the molecule is COc1ccccc1Cc1noc([C@@]23CCCC[C@@H]2NCC3)n1. The second-order valence-electron chi connectivity index (χ2n) is 6.66. The van der Waals surface area contributed by atoms with Crippen LogP contribution in [0.5, 0.6) is 5.75 Å². The van der Waals surface area contributed by atoms with Crippen LogP contribution < -0.4 is 10.1 Å². The molecule has 5 heteroatoms. The van der Waals surface area contributed by atoms with Crippen LogP contribution in [0.25, 0.3) is 0 Å². The molecule has 0 radical (unpaired) electrons. The van der Waals surface area contributed by atoms with Gasteiger partial charge in [0.25, 0.3) is 0 Å². The summed E-state index contributed by atoms with van der Waals surface area (Å²) in [6.45, 7) is 1.05. The van der Waals surface area contributed by atoms with Crippen molar-refractivity contribution in [2.75, 3.05) is 13.7 Å².